The molecular formula is C22H28N2O7S. The summed E-state index contributed by atoms with van der Waals surface area (Å²) < 4.78 is 42.2. The lowest BCUT2D eigenvalue weighted by Gasteiger charge is -2.14. The number of hydrogen-bond donors (Lipinski definition) is 2. The van der Waals surface area contributed by atoms with E-state index < -0.39 is 16.0 Å². The van der Waals surface area contributed by atoms with E-state index in [-0.39, 0.29) is 36.6 Å². The number of esters is 1. The largest absolute Gasteiger partial charge is 0.493 e. The molecule has 2 aromatic rings. The average molecular weight is 465 g/mol. The Labute approximate surface area is 188 Å². The maximum Gasteiger partial charge on any atom is 0.343 e. The molecule has 2 aromatic carbocycles. The first-order valence-corrected chi connectivity index (χ1v) is 11.5. The summed E-state index contributed by atoms with van der Waals surface area (Å²) in [6.45, 7) is 3.37. The van der Waals surface area contributed by atoms with E-state index in [0.29, 0.717) is 22.4 Å². The normalized spacial score (nSPS) is 11.2. The molecule has 0 saturated carbocycles. The summed E-state index contributed by atoms with van der Waals surface area (Å²) >= 11 is 0. The molecule has 1 amide bonds. The number of sulfonamides is 1. The van der Waals surface area contributed by atoms with Gasteiger partial charge in [-0.2, -0.15) is 0 Å². The lowest BCUT2D eigenvalue weighted by molar-refractivity contribution is -0.142. The van der Waals surface area contributed by atoms with Crippen molar-refractivity contribution in [2.75, 3.05) is 20.8 Å². The Morgan fingerprint density at radius 3 is 2.31 bits per heavy atom. The second kappa shape index (κ2) is 11.5. The molecule has 32 heavy (non-hydrogen) atoms. The van der Waals surface area contributed by atoms with E-state index in [1.807, 2.05) is 0 Å². The van der Waals surface area contributed by atoms with Gasteiger partial charge in [-0.15, -0.1) is 0 Å². The van der Waals surface area contributed by atoms with Crippen LogP contribution < -0.4 is 19.5 Å². The maximum absolute atomic E-state index is 12.6. The van der Waals surface area contributed by atoms with Gasteiger partial charge in [-0.1, -0.05) is 24.3 Å². The SMILES string of the molecule is COC(=O)COc1ccc(C(=O)NCc2ccccc2CS(=O)(=O)NC(C)C)cc1OC. The predicted molar refractivity (Wildman–Crippen MR) is 119 cm³/mol. The molecule has 0 aliphatic rings. The first kappa shape index (κ1) is 25.2. The van der Waals surface area contributed by atoms with Gasteiger partial charge in [0.15, 0.2) is 18.1 Å². The van der Waals surface area contributed by atoms with Crippen LogP contribution in [-0.4, -0.2) is 47.2 Å². The molecule has 2 N–H and O–H groups in total. The Bertz CT molecular complexity index is 1050. The van der Waals surface area contributed by atoms with E-state index >= 15 is 0 Å². The molecule has 0 radical (unpaired) electrons. The molecule has 2 rings (SSSR count). The van der Waals surface area contributed by atoms with Crippen LogP contribution in [0.15, 0.2) is 42.5 Å². The molecule has 0 unspecified atom stereocenters. The fourth-order valence-corrected chi connectivity index (χ4v) is 4.37. The molecule has 0 saturated heterocycles. The van der Waals surface area contributed by atoms with Gasteiger partial charge >= 0.3 is 5.97 Å². The van der Waals surface area contributed by atoms with Crippen molar-refractivity contribution in [3.63, 3.8) is 0 Å². The zero-order valence-corrected chi connectivity index (χ0v) is 19.3. The second-order valence-corrected chi connectivity index (χ2v) is 8.97. The third kappa shape index (κ3) is 7.54. The van der Waals surface area contributed by atoms with Crippen molar-refractivity contribution < 1.29 is 32.2 Å². The number of amides is 1. The summed E-state index contributed by atoms with van der Waals surface area (Å²) in [5.74, 6) is -0.522. The zero-order valence-electron chi connectivity index (χ0n) is 18.5. The van der Waals surface area contributed by atoms with E-state index in [1.54, 1.807) is 38.1 Å². The molecule has 0 heterocycles. The molecule has 0 aromatic heterocycles. The maximum atomic E-state index is 12.6. The van der Waals surface area contributed by atoms with Crippen LogP contribution in [0.4, 0.5) is 0 Å². The van der Waals surface area contributed by atoms with Crippen LogP contribution in [0.2, 0.25) is 0 Å². The highest BCUT2D eigenvalue weighted by atomic mass is 32.2. The number of benzene rings is 2. The number of methoxy groups -OCH3 is 2. The summed E-state index contributed by atoms with van der Waals surface area (Å²) in [7, 11) is -0.825. The van der Waals surface area contributed by atoms with Crippen molar-refractivity contribution in [3.8, 4) is 11.5 Å². The van der Waals surface area contributed by atoms with Crippen molar-refractivity contribution in [3.05, 3.63) is 59.2 Å². The summed E-state index contributed by atoms with van der Waals surface area (Å²) in [4.78, 5) is 23.9. The molecule has 0 aliphatic heterocycles. The Morgan fingerprint density at radius 2 is 1.69 bits per heavy atom. The van der Waals surface area contributed by atoms with Gasteiger partial charge in [0.05, 0.1) is 20.0 Å². The number of rotatable bonds is 11. The van der Waals surface area contributed by atoms with Crippen LogP contribution >= 0.6 is 0 Å². The zero-order chi connectivity index (χ0) is 23.7. The quantitative estimate of drug-likeness (QED) is 0.488. The molecule has 0 atom stereocenters. The van der Waals surface area contributed by atoms with Crippen molar-refractivity contribution in [1.82, 2.24) is 10.0 Å². The molecule has 0 spiro atoms. The summed E-state index contributed by atoms with van der Waals surface area (Å²) in [6, 6.07) is 11.4. The van der Waals surface area contributed by atoms with E-state index in [9.17, 15) is 18.0 Å². The van der Waals surface area contributed by atoms with Crippen LogP contribution in [0.5, 0.6) is 11.5 Å². The van der Waals surface area contributed by atoms with E-state index in [0.717, 1.165) is 0 Å². The van der Waals surface area contributed by atoms with E-state index in [4.69, 9.17) is 9.47 Å². The Balaban J connectivity index is 2.09. The fourth-order valence-electron chi connectivity index (χ4n) is 2.88. The minimum absolute atomic E-state index is 0.148. The third-order valence-corrected chi connectivity index (χ3v) is 5.84. The number of carbonyl (C=O) groups is 2. The third-order valence-electron chi connectivity index (χ3n) is 4.32. The highest BCUT2D eigenvalue weighted by molar-refractivity contribution is 7.88. The van der Waals surface area contributed by atoms with Crippen LogP contribution in [0.3, 0.4) is 0 Å². The van der Waals surface area contributed by atoms with Crippen molar-refractivity contribution in [2.24, 2.45) is 0 Å². The van der Waals surface area contributed by atoms with Gasteiger partial charge in [-0.05, 0) is 43.2 Å². The van der Waals surface area contributed by atoms with Crippen LogP contribution in [-0.2, 0) is 31.9 Å². The molecule has 9 nitrogen and oxygen atoms in total. The van der Waals surface area contributed by atoms with E-state index in [2.05, 4.69) is 14.8 Å². The smallest absolute Gasteiger partial charge is 0.343 e. The van der Waals surface area contributed by atoms with Gasteiger partial charge in [0.25, 0.3) is 5.91 Å². The highest BCUT2D eigenvalue weighted by Crippen LogP contribution is 2.28. The Hall–Kier alpha value is -3.11. The topological polar surface area (TPSA) is 120 Å². The summed E-state index contributed by atoms with van der Waals surface area (Å²) in [6.07, 6.45) is 0. The van der Waals surface area contributed by atoms with Crippen molar-refractivity contribution >= 4 is 21.9 Å². The lowest BCUT2D eigenvalue weighted by Crippen LogP contribution is -2.32. The van der Waals surface area contributed by atoms with Gasteiger partial charge in [-0.25, -0.2) is 17.9 Å². The number of carbonyl (C=O) groups excluding carboxylic acids is 2. The molecular weight excluding hydrogens is 436 g/mol. The summed E-state index contributed by atoms with van der Waals surface area (Å²) in [5.41, 5.74) is 1.61. The molecule has 0 fully saturated rings. The Kier molecular flexibility index (Phi) is 9.03. The van der Waals surface area contributed by atoms with Crippen LogP contribution in [0.25, 0.3) is 0 Å². The van der Waals surface area contributed by atoms with Gasteiger partial charge in [0, 0.05) is 18.2 Å². The second-order valence-electron chi connectivity index (χ2n) is 7.21. The standard InChI is InChI=1S/C22H28N2O7S/c1-15(2)24-32(27,28)14-18-8-6-5-7-17(18)12-23-22(26)16-9-10-19(20(11-16)29-3)31-13-21(25)30-4/h5-11,15,24H,12-14H2,1-4H3,(H,23,26). The van der Waals surface area contributed by atoms with Crippen LogP contribution in [0, 0.1) is 0 Å². The monoisotopic (exact) mass is 464 g/mol. The van der Waals surface area contributed by atoms with Crippen molar-refractivity contribution in [1.29, 1.82) is 0 Å². The fraction of sp³-hybridized carbons (Fsp3) is 0.364. The minimum atomic E-state index is -3.50. The van der Waals surface area contributed by atoms with Gasteiger partial charge in [0.2, 0.25) is 10.0 Å². The lowest BCUT2D eigenvalue weighted by atomic mass is 10.1. The molecule has 0 bridgehead atoms. The first-order chi connectivity index (χ1) is 15.1. The molecule has 174 valence electrons. The van der Waals surface area contributed by atoms with Crippen molar-refractivity contribution in [2.45, 2.75) is 32.2 Å². The molecule has 0 aliphatic carbocycles. The number of ether oxygens (including phenoxy) is 3. The van der Waals surface area contributed by atoms with Crippen LogP contribution in [0.1, 0.15) is 35.3 Å². The summed E-state index contributed by atoms with van der Waals surface area (Å²) in [5, 5.41) is 2.79. The first-order valence-electron chi connectivity index (χ1n) is 9.87. The van der Waals surface area contributed by atoms with Gasteiger partial charge in [-0.3, -0.25) is 4.79 Å². The minimum Gasteiger partial charge on any atom is -0.493 e. The van der Waals surface area contributed by atoms with E-state index in [1.165, 1.54) is 32.4 Å². The average Bonchev–Trinajstić information content (AvgIpc) is 2.75. The Morgan fingerprint density at radius 1 is 1.00 bits per heavy atom. The number of nitrogens with one attached hydrogen (secondary N) is 2. The van der Waals surface area contributed by atoms with Gasteiger partial charge < -0.3 is 19.5 Å². The molecule has 10 heteroatoms. The van der Waals surface area contributed by atoms with Gasteiger partial charge in [0.1, 0.15) is 0 Å². The number of hydrogen-bond acceptors (Lipinski definition) is 7. The highest BCUT2D eigenvalue weighted by Gasteiger charge is 2.17. The predicted octanol–water partition coefficient (Wildman–Crippen LogP) is 2.00.